The molecule has 1 rings (SSSR count). The maximum absolute atomic E-state index is 11.3. The highest BCUT2D eigenvalue weighted by Gasteiger charge is 2.19. The summed E-state index contributed by atoms with van der Waals surface area (Å²) >= 11 is 0. The predicted octanol–water partition coefficient (Wildman–Crippen LogP) is -1.06. The van der Waals surface area contributed by atoms with Crippen molar-refractivity contribution in [1.82, 2.24) is 15.5 Å². The van der Waals surface area contributed by atoms with Crippen LogP contribution in [0.2, 0.25) is 0 Å². The van der Waals surface area contributed by atoms with Gasteiger partial charge in [0.1, 0.15) is 0 Å². The van der Waals surface area contributed by atoms with Crippen LogP contribution in [-0.4, -0.2) is 49.9 Å². The summed E-state index contributed by atoms with van der Waals surface area (Å²) in [6.07, 6.45) is 1.25. The average Bonchev–Trinajstić information content (AvgIpc) is 2.07. The lowest BCUT2D eigenvalue weighted by molar-refractivity contribution is -0.126. The van der Waals surface area contributed by atoms with Crippen LogP contribution in [0, 0.1) is 0 Å². The molecule has 0 aliphatic carbocycles. The van der Waals surface area contributed by atoms with E-state index in [4.69, 9.17) is 0 Å². The molecule has 1 saturated heterocycles. The number of carbonyl (C=O) groups is 2. The first kappa shape index (κ1) is 11.0. The van der Waals surface area contributed by atoms with Crippen LogP contribution in [0.15, 0.2) is 0 Å². The zero-order chi connectivity index (χ0) is 10.6. The monoisotopic (exact) mass is 199 g/mol. The molecular weight excluding hydrogens is 182 g/mol. The Bertz CT molecular complexity index is 218. The van der Waals surface area contributed by atoms with E-state index in [9.17, 15) is 9.59 Å². The lowest BCUT2D eigenvalue weighted by Gasteiger charge is -2.24. The number of amides is 2. The van der Waals surface area contributed by atoms with Crippen LogP contribution < -0.4 is 10.6 Å². The molecule has 0 aromatic carbocycles. The molecule has 80 valence electrons. The van der Waals surface area contributed by atoms with Gasteiger partial charge in [0, 0.05) is 19.0 Å². The lowest BCUT2D eigenvalue weighted by atomic mass is 10.1. The van der Waals surface area contributed by atoms with Gasteiger partial charge in [-0.2, -0.15) is 0 Å². The van der Waals surface area contributed by atoms with Crippen molar-refractivity contribution in [1.29, 1.82) is 0 Å². The summed E-state index contributed by atoms with van der Waals surface area (Å²) in [6, 6.07) is 0.0974. The van der Waals surface area contributed by atoms with Crippen molar-refractivity contribution in [3.8, 4) is 0 Å². The minimum Gasteiger partial charge on any atom is -0.354 e. The lowest BCUT2D eigenvalue weighted by Crippen LogP contribution is -2.49. The van der Waals surface area contributed by atoms with Crippen molar-refractivity contribution in [2.24, 2.45) is 0 Å². The van der Waals surface area contributed by atoms with Crippen LogP contribution in [-0.2, 0) is 9.59 Å². The van der Waals surface area contributed by atoms with E-state index in [0.717, 1.165) is 6.42 Å². The standard InChI is InChI=1S/C9H17N3O2/c1-12(2)6-9(14)11-7-3-4-8(13)10-5-7/h7H,3-6H2,1-2H3,(H,10,13)(H,11,14). The first-order valence-electron chi connectivity index (χ1n) is 4.78. The number of piperidine rings is 1. The van der Waals surface area contributed by atoms with E-state index < -0.39 is 0 Å². The molecule has 5 heteroatoms. The molecule has 1 heterocycles. The van der Waals surface area contributed by atoms with Crippen LogP contribution in [0.25, 0.3) is 0 Å². The molecule has 0 spiro atoms. The molecule has 0 radical (unpaired) electrons. The molecule has 0 aromatic rings. The third-order valence-electron chi connectivity index (χ3n) is 2.09. The molecule has 0 bridgehead atoms. The number of rotatable bonds is 3. The second-order valence-corrected chi connectivity index (χ2v) is 3.84. The summed E-state index contributed by atoms with van der Waals surface area (Å²) in [5.74, 6) is 0.0826. The van der Waals surface area contributed by atoms with Gasteiger partial charge in [0.2, 0.25) is 11.8 Å². The minimum absolute atomic E-state index is 0.0103. The number of nitrogens with zero attached hydrogens (tertiary/aromatic N) is 1. The predicted molar refractivity (Wildman–Crippen MR) is 52.7 cm³/mol. The van der Waals surface area contributed by atoms with Crippen molar-refractivity contribution in [3.63, 3.8) is 0 Å². The van der Waals surface area contributed by atoms with Gasteiger partial charge in [-0.1, -0.05) is 0 Å². The zero-order valence-electron chi connectivity index (χ0n) is 8.67. The Morgan fingerprint density at radius 1 is 1.64 bits per heavy atom. The number of carbonyl (C=O) groups excluding carboxylic acids is 2. The highest BCUT2D eigenvalue weighted by Crippen LogP contribution is 2.02. The van der Waals surface area contributed by atoms with E-state index >= 15 is 0 Å². The van der Waals surface area contributed by atoms with Gasteiger partial charge in [-0.3, -0.25) is 9.59 Å². The summed E-state index contributed by atoms with van der Waals surface area (Å²) in [5, 5.41) is 5.60. The van der Waals surface area contributed by atoms with Crippen LogP contribution in [0.1, 0.15) is 12.8 Å². The van der Waals surface area contributed by atoms with Crippen LogP contribution in [0.5, 0.6) is 0 Å². The molecular formula is C9H17N3O2. The number of likely N-dealkylation sites (N-methyl/N-ethyl adjacent to an activating group) is 1. The summed E-state index contributed by atoms with van der Waals surface area (Å²) < 4.78 is 0. The normalized spacial score (nSPS) is 21.9. The molecule has 1 aliphatic rings. The SMILES string of the molecule is CN(C)CC(=O)NC1CCC(=O)NC1. The van der Waals surface area contributed by atoms with E-state index in [1.165, 1.54) is 0 Å². The Labute approximate surface area is 83.8 Å². The number of hydrogen-bond donors (Lipinski definition) is 2. The molecule has 2 N–H and O–H groups in total. The molecule has 0 saturated carbocycles. The van der Waals surface area contributed by atoms with Crippen molar-refractivity contribution in [2.75, 3.05) is 27.2 Å². The van der Waals surface area contributed by atoms with Gasteiger partial charge in [-0.25, -0.2) is 0 Å². The average molecular weight is 199 g/mol. The zero-order valence-corrected chi connectivity index (χ0v) is 8.67. The maximum atomic E-state index is 11.3. The van der Waals surface area contributed by atoms with Crippen molar-refractivity contribution >= 4 is 11.8 Å². The Morgan fingerprint density at radius 2 is 2.36 bits per heavy atom. The quantitative estimate of drug-likeness (QED) is 0.609. The van der Waals surface area contributed by atoms with Gasteiger partial charge in [-0.15, -0.1) is 0 Å². The van der Waals surface area contributed by atoms with Gasteiger partial charge in [0.15, 0.2) is 0 Å². The fourth-order valence-electron chi connectivity index (χ4n) is 1.42. The van der Waals surface area contributed by atoms with Crippen molar-refractivity contribution in [3.05, 3.63) is 0 Å². The Balaban J connectivity index is 2.24. The minimum atomic E-state index is 0.0103. The Hall–Kier alpha value is -1.10. The first-order valence-corrected chi connectivity index (χ1v) is 4.78. The van der Waals surface area contributed by atoms with Crippen LogP contribution in [0.4, 0.5) is 0 Å². The van der Waals surface area contributed by atoms with Crippen molar-refractivity contribution in [2.45, 2.75) is 18.9 Å². The highest BCUT2D eigenvalue weighted by atomic mass is 16.2. The van der Waals surface area contributed by atoms with Gasteiger partial charge in [0.05, 0.1) is 6.54 Å². The molecule has 2 amide bonds. The highest BCUT2D eigenvalue weighted by molar-refractivity contribution is 5.80. The smallest absolute Gasteiger partial charge is 0.234 e. The Kier molecular flexibility index (Phi) is 3.88. The molecule has 1 unspecified atom stereocenters. The van der Waals surface area contributed by atoms with Gasteiger partial charge < -0.3 is 15.5 Å². The second kappa shape index (κ2) is 4.95. The fraction of sp³-hybridized carbons (Fsp3) is 0.778. The van der Waals surface area contributed by atoms with Crippen LogP contribution >= 0.6 is 0 Å². The molecule has 5 nitrogen and oxygen atoms in total. The van der Waals surface area contributed by atoms with E-state index in [2.05, 4.69) is 10.6 Å². The van der Waals surface area contributed by atoms with E-state index in [0.29, 0.717) is 19.5 Å². The largest absolute Gasteiger partial charge is 0.354 e. The Morgan fingerprint density at radius 3 is 2.86 bits per heavy atom. The number of nitrogens with one attached hydrogen (secondary N) is 2. The van der Waals surface area contributed by atoms with E-state index in [1.807, 2.05) is 19.0 Å². The van der Waals surface area contributed by atoms with Crippen LogP contribution in [0.3, 0.4) is 0 Å². The van der Waals surface area contributed by atoms with Gasteiger partial charge in [0.25, 0.3) is 0 Å². The van der Waals surface area contributed by atoms with Gasteiger partial charge in [-0.05, 0) is 20.5 Å². The summed E-state index contributed by atoms with van der Waals surface area (Å²) in [4.78, 5) is 24.0. The maximum Gasteiger partial charge on any atom is 0.234 e. The number of hydrogen-bond acceptors (Lipinski definition) is 3. The molecule has 14 heavy (non-hydrogen) atoms. The van der Waals surface area contributed by atoms with E-state index in [-0.39, 0.29) is 17.9 Å². The second-order valence-electron chi connectivity index (χ2n) is 3.84. The first-order chi connectivity index (χ1) is 6.58. The summed E-state index contributed by atoms with van der Waals surface area (Å²) in [6.45, 7) is 0.947. The third kappa shape index (κ3) is 3.74. The molecule has 1 atom stereocenters. The van der Waals surface area contributed by atoms with E-state index in [1.54, 1.807) is 0 Å². The molecule has 0 aromatic heterocycles. The van der Waals surface area contributed by atoms with Gasteiger partial charge >= 0.3 is 0 Å². The fourth-order valence-corrected chi connectivity index (χ4v) is 1.42. The topological polar surface area (TPSA) is 61.4 Å². The summed E-state index contributed by atoms with van der Waals surface area (Å²) in [5.41, 5.74) is 0. The summed E-state index contributed by atoms with van der Waals surface area (Å²) in [7, 11) is 3.70. The molecule has 1 aliphatic heterocycles. The van der Waals surface area contributed by atoms with Crippen molar-refractivity contribution < 1.29 is 9.59 Å². The third-order valence-corrected chi connectivity index (χ3v) is 2.09. The molecule has 1 fully saturated rings.